The van der Waals surface area contributed by atoms with E-state index in [1.165, 1.54) is 6.42 Å². The van der Waals surface area contributed by atoms with Crippen molar-refractivity contribution in [2.75, 3.05) is 24.6 Å². The highest BCUT2D eigenvalue weighted by Crippen LogP contribution is 2.22. The summed E-state index contributed by atoms with van der Waals surface area (Å²) in [5.41, 5.74) is 8.89. The number of hydrogen-bond donors (Lipinski definition) is 2. The number of H-pyrrole nitrogens is 1. The van der Waals surface area contributed by atoms with Crippen molar-refractivity contribution in [3.63, 3.8) is 0 Å². The Hall–Kier alpha value is -2.52. The van der Waals surface area contributed by atoms with E-state index in [0.717, 1.165) is 48.4 Å². The molecule has 1 aliphatic heterocycles. The summed E-state index contributed by atoms with van der Waals surface area (Å²) in [4.78, 5) is 15.7. The van der Waals surface area contributed by atoms with Crippen LogP contribution in [0.3, 0.4) is 0 Å². The molecule has 156 valence electrons. The standard InChI is InChI=1S/C11H9N5.C9H19NO2S/c12-10-7(2-1-4-13-10)9-6-15-8-3-5-14-11(8)16-9;1-9(2)8-13(11,12)10-6-4-3-5-7-10/h1-6H,(H2,12,13)(H,14,16);9H,3-8H2,1-2H3. The molecule has 4 rings (SSSR count). The number of nitrogen functional groups attached to an aromatic ring is 1. The summed E-state index contributed by atoms with van der Waals surface area (Å²) >= 11 is 0. The van der Waals surface area contributed by atoms with Crippen LogP contribution in [0.1, 0.15) is 33.1 Å². The second kappa shape index (κ2) is 9.32. The summed E-state index contributed by atoms with van der Waals surface area (Å²) < 4.78 is 25.1. The maximum atomic E-state index is 11.7. The van der Waals surface area contributed by atoms with Crippen LogP contribution >= 0.6 is 0 Å². The number of piperidine rings is 1. The summed E-state index contributed by atoms with van der Waals surface area (Å²) in [6.45, 7) is 5.35. The minimum absolute atomic E-state index is 0.229. The molecule has 0 radical (unpaired) electrons. The Morgan fingerprint density at radius 1 is 1.17 bits per heavy atom. The van der Waals surface area contributed by atoms with Gasteiger partial charge in [-0.3, -0.25) is 4.98 Å². The van der Waals surface area contributed by atoms with E-state index in [4.69, 9.17) is 5.73 Å². The van der Waals surface area contributed by atoms with Gasteiger partial charge in [0.1, 0.15) is 11.3 Å². The molecule has 0 aromatic carbocycles. The van der Waals surface area contributed by atoms with Crippen LogP contribution in [0.25, 0.3) is 22.4 Å². The third-order valence-electron chi connectivity index (χ3n) is 4.63. The molecule has 29 heavy (non-hydrogen) atoms. The van der Waals surface area contributed by atoms with Crippen LogP contribution in [-0.2, 0) is 10.0 Å². The fourth-order valence-corrected chi connectivity index (χ4v) is 5.13. The van der Waals surface area contributed by atoms with Crippen LogP contribution < -0.4 is 5.73 Å². The second-order valence-electron chi connectivity index (χ2n) is 7.54. The quantitative estimate of drug-likeness (QED) is 0.675. The first-order valence-corrected chi connectivity index (χ1v) is 11.5. The largest absolute Gasteiger partial charge is 0.383 e. The molecule has 3 N–H and O–H groups in total. The number of nitrogens with zero attached hydrogens (tertiary/aromatic N) is 4. The first-order chi connectivity index (χ1) is 13.9. The number of aromatic amines is 1. The zero-order valence-corrected chi connectivity index (χ0v) is 17.7. The van der Waals surface area contributed by atoms with E-state index >= 15 is 0 Å². The lowest BCUT2D eigenvalue weighted by molar-refractivity contribution is 0.344. The van der Waals surface area contributed by atoms with Crippen molar-refractivity contribution in [1.29, 1.82) is 0 Å². The lowest BCUT2D eigenvalue weighted by Crippen LogP contribution is -2.38. The van der Waals surface area contributed by atoms with E-state index in [-0.39, 0.29) is 5.92 Å². The van der Waals surface area contributed by atoms with Gasteiger partial charge in [-0.25, -0.2) is 22.7 Å². The van der Waals surface area contributed by atoms with Crippen LogP contribution in [0.15, 0.2) is 36.8 Å². The molecule has 0 atom stereocenters. The predicted octanol–water partition coefficient (Wildman–Crippen LogP) is 3.06. The molecule has 3 aromatic heterocycles. The lowest BCUT2D eigenvalue weighted by Gasteiger charge is -2.26. The number of anilines is 1. The average Bonchev–Trinajstić information content (AvgIpc) is 3.16. The average molecular weight is 417 g/mol. The van der Waals surface area contributed by atoms with E-state index in [9.17, 15) is 8.42 Å². The first-order valence-electron chi connectivity index (χ1n) is 9.85. The van der Waals surface area contributed by atoms with Gasteiger partial charge in [0.15, 0.2) is 5.65 Å². The Morgan fingerprint density at radius 2 is 1.93 bits per heavy atom. The summed E-state index contributed by atoms with van der Waals surface area (Å²) in [6.07, 6.45) is 8.38. The predicted molar refractivity (Wildman–Crippen MR) is 116 cm³/mol. The molecule has 0 saturated carbocycles. The smallest absolute Gasteiger partial charge is 0.214 e. The highest BCUT2D eigenvalue weighted by molar-refractivity contribution is 7.89. The van der Waals surface area contributed by atoms with Crippen molar-refractivity contribution < 1.29 is 8.42 Å². The summed E-state index contributed by atoms with van der Waals surface area (Å²) in [6, 6.07) is 5.58. The molecule has 0 amide bonds. The van der Waals surface area contributed by atoms with Gasteiger partial charge in [0.05, 0.1) is 17.6 Å². The molecule has 4 heterocycles. The Morgan fingerprint density at radius 3 is 2.62 bits per heavy atom. The first kappa shape index (κ1) is 21.2. The van der Waals surface area contributed by atoms with Crippen LogP contribution in [0.4, 0.5) is 5.82 Å². The van der Waals surface area contributed by atoms with Crippen molar-refractivity contribution in [1.82, 2.24) is 24.2 Å². The molecule has 8 nitrogen and oxygen atoms in total. The van der Waals surface area contributed by atoms with E-state index in [1.54, 1.807) is 22.9 Å². The number of nitrogens with two attached hydrogens (primary N) is 1. The van der Waals surface area contributed by atoms with Crippen LogP contribution in [0, 0.1) is 5.92 Å². The van der Waals surface area contributed by atoms with Gasteiger partial charge >= 0.3 is 0 Å². The van der Waals surface area contributed by atoms with Crippen molar-refractivity contribution in [2.45, 2.75) is 33.1 Å². The SMILES string of the molecule is CC(C)CS(=O)(=O)N1CCCCC1.Nc1ncccc1-c1cnc2cc[nH]c2n1. The number of rotatable bonds is 4. The van der Waals surface area contributed by atoms with Gasteiger partial charge in [-0.1, -0.05) is 20.3 Å². The molecule has 0 aliphatic carbocycles. The van der Waals surface area contributed by atoms with Crippen molar-refractivity contribution in [2.24, 2.45) is 5.92 Å². The second-order valence-corrected chi connectivity index (χ2v) is 9.55. The number of hydrogen-bond acceptors (Lipinski definition) is 6. The third kappa shape index (κ3) is 5.51. The Labute approximate surface area is 171 Å². The topological polar surface area (TPSA) is 118 Å². The third-order valence-corrected chi connectivity index (χ3v) is 6.87. The van der Waals surface area contributed by atoms with Gasteiger partial charge in [-0.15, -0.1) is 0 Å². The van der Waals surface area contributed by atoms with Gasteiger partial charge in [0.25, 0.3) is 0 Å². The van der Waals surface area contributed by atoms with Gasteiger partial charge in [0.2, 0.25) is 10.0 Å². The lowest BCUT2D eigenvalue weighted by atomic mass is 10.2. The Bertz CT molecular complexity index is 1040. The molecule has 1 saturated heterocycles. The van der Waals surface area contributed by atoms with E-state index in [1.807, 2.05) is 32.0 Å². The minimum atomic E-state index is -2.95. The molecule has 0 unspecified atom stereocenters. The van der Waals surface area contributed by atoms with Crippen molar-refractivity contribution in [3.05, 3.63) is 36.8 Å². The van der Waals surface area contributed by atoms with Gasteiger partial charge in [-0.2, -0.15) is 0 Å². The Kier molecular flexibility index (Phi) is 6.81. The molecule has 0 bridgehead atoms. The van der Waals surface area contributed by atoms with Crippen molar-refractivity contribution in [3.8, 4) is 11.3 Å². The molecule has 9 heteroatoms. The van der Waals surface area contributed by atoms with Gasteiger partial charge in [0, 0.05) is 31.0 Å². The van der Waals surface area contributed by atoms with E-state index in [2.05, 4.69) is 19.9 Å². The van der Waals surface area contributed by atoms with Gasteiger partial charge in [-0.05, 0) is 37.0 Å². The molecule has 1 aliphatic rings. The van der Waals surface area contributed by atoms with E-state index in [0.29, 0.717) is 11.6 Å². The maximum Gasteiger partial charge on any atom is 0.214 e. The fourth-order valence-electron chi connectivity index (χ4n) is 3.26. The normalized spacial score (nSPS) is 15.3. The molecular weight excluding hydrogens is 388 g/mol. The molecule has 0 spiro atoms. The number of nitrogens with one attached hydrogen (secondary N) is 1. The summed E-state index contributed by atoms with van der Waals surface area (Å²) in [5.74, 6) is 0.988. The zero-order valence-electron chi connectivity index (χ0n) is 16.9. The van der Waals surface area contributed by atoms with Crippen LogP contribution in [0.5, 0.6) is 0 Å². The fraction of sp³-hybridized carbons (Fsp3) is 0.450. The maximum absolute atomic E-state index is 11.7. The number of fused-ring (bicyclic) bond motifs is 1. The molecule has 3 aromatic rings. The zero-order chi connectivity index (χ0) is 20.9. The van der Waals surface area contributed by atoms with Crippen LogP contribution in [0.2, 0.25) is 0 Å². The number of aromatic nitrogens is 4. The van der Waals surface area contributed by atoms with Gasteiger partial charge < -0.3 is 10.7 Å². The molecular formula is C20H28N6O2S. The van der Waals surface area contributed by atoms with Crippen molar-refractivity contribution >= 4 is 27.0 Å². The highest BCUT2D eigenvalue weighted by atomic mass is 32.2. The highest BCUT2D eigenvalue weighted by Gasteiger charge is 2.24. The Balaban J connectivity index is 0.000000170. The monoisotopic (exact) mass is 416 g/mol. The summed E-state index contributed by atoms with van der Waals surface area (Å²) in [7, 11) is -2.95. The van der Waals surface area contributed by atoms with Crippen LogP contribution in [-0.4, -0.2) is 51.5 Å². The van der Waals surface area contributed by atoms with E-state index < -0.39 is 10.0 Å². The minimum Gasteiger partial charge on any atom is -0.383 e. The number of sulfonamides is 1. The number of pyridine rings is 1. The summed E-state index contributed by atoms with van der Waals surface area (Å²) in [5, 5.41) is 0. The molecule has 1 fully saturated rings.